The van der Waals surface area contributed by atoms with Gasteiger partial charge in [0.05, 0.1) is 18.1 Å². The van der Waals surface area contributed by atoms with Crippen molar-refractivity contribution >= 4 is 38.9 Å². The Morgan fingerprint density at radius 3 is 1.18 bits per heavy atom. The lowest BCUT2D eigenvalue weighted by atomic mass is 9.82. The first-order valence-electron chi connectivity index (χ1n) is 23.4. The molecule has 0 saturated carbocycles. The maximum absolute atomic E-state index is 5.55. The van der Waals surface area contributed by atoms with Gasteiger partial charge in [-0.1, -0.05) is 161 Å². The van der Waals surface area contributed by atoms with Crippen LogP contribution in [0.3, 0.4) is 0 Å². The highest BCUT2D eigenvalue weighted by Gasteiger charge is 2.19. The molecule has 3 nitrogen and oxygen atoms in total. The zero-order chi connectivity index (χ0) is 45.1. The standard InChI is InChI=1S/C63H56N2O/c1-43(2)40-59(44(3)4)51-18-16-49(17-19-51)52-26-38-62-60(41-52)61-42-53(27-39-63(61)65(62)57-34-36-58(66-5)37-35-57)50-24-32-56(33-25-50)64(54-28-20-47(21-29-54)45-12-8-6-9-13-45)55-30-22-48(23-31-55)46-14-10-7-11-15-46/h6-39,41-44,59H,40H2,1-5H3. The van der Waals surface area contributed by atoms with Crippen LogP contribution < -0.4 is 9.64 Å². The van der Waals surface area contributed by atoms with E-state index in [4.69, 9.17) is 4.74 Å². The minimum atomic E-state index is 0.553. The molecule has 1 unspecified atom stereocenters. The summed E-state index contributed by atoms with van der Waals surface area (Å²) in [5, 5.41) is 2.45. The molecule has 0 amide bonds. The van der Waals surface area contributed by atoms with Gasteiger partial charge in [-0.05, 0) is 159 Å². The van der Waals surface area contributed by atoms with Gasteiger partial charge in [0, 0.05) is 33.5 Å². The molecule has 0 aliphatic carbocycles. The molecule has 1 aromatic heterocycles. The van der Waals surface area contributed by atoms with Crippen molar-refractivity contribution in [1.82, 2.24) is 4.57 Å². The van der Waals surface area contributed by atoms with Gasteiger partial charge < -0.3 is 14.2 Å². The molecule has 0 saturated heterocycles. The Morgan fingerprint density at radius 1 is 0.409 bits per heavy atom. The van der Waals surface area contributed by atoms with Crippen molar-refractivity contribution in [1.29, 1.82) is 0 Å². The van der Waals surface area contributed by atoms with Gasteiger partial charge in [0.2, 0.25) is 0 Å². The van der Waals surface area contributed by atoms with E-state index in [1.807, 2.05) is 12.1 Å². The zero-order valence-corrected chi connectivity index (χ0v) is 38.5. The number of hydrogen-bond donors (Lipinski definition) is 0. The third-order valence-corrected chi connectivity index (χ3v) is 13.2. The van der Waals surface area contributed by atoms with Crippen LogP contribution in [0.5, 0.6) is 5.75 Å². The van der Waals surface area contributed by atoms with Crippen LogP contribution in [-0.4, -0.2) is 11.7 Å². The van der Waals surface area contributed by atoms with E-state index < -0.39 is 0 Å². The largest absolute Gasteiger partial charge is 0.497 e. The third kappa shape index (κ3) is 8.53. The number of methoxy groups -OCH3 is 1. The Bertz CT molecular complexity index is 3120. The van der Waals surface area contributed by atoms with Gasteiger partial charge in [-0.3, -0.25) is 0 Å². The molecule has 0 aliphatic heterocycles. The summed E-state index contributed by atoms with van der Waals surface area (Å²) in [6.07, 6.45) is 1.20. The van der Waals surface area contributed by atoms with Crippen molar-refractivity contribution in [2.24, 2.45) is 11.8 Å². The summed E-state index contributed by atoms with van der Waals surface area (Å²) in [6, 6.07) is 79.6. The van der Waals surface area contributed by atoms with Crippen LogP contribution in [0.1, 0.15) is 45.6 Å². The fraction of sp³-hybridized carbons (Fsp3) is 0.143. The average molecular weight is 857 g/mol. The van der Waals surface area contributed by atoms with E-state index >= 15 is 0 Å². The van der Waals surface area contributed by atoms with Gasteiger partial charge in [-0.25, -0.2) is 0 Å². The monoisotopic (exact) mass is 856 g/mol. The molecule has 1 heterocycles. The first kappa shape index (κ1) is 42.3. The molecule has 0 aliphatic rings. The number of fused-ring (bicyclic) bond motifs is 3. The summed E-state index contributed by atoms with van der Waals surface area (Å²) in [6.45, 7) is 9.36. The van der Waals surface area contributed by atoms with Crippen LogP contribution in [0.4, 0.5) is 17.1 Å². The summed E-state index contributed by atoms with van der Waals surface area (Å²) in [4.78, 5) is 2.35. The molecule has 10 aromatic rings. The average Bonchev–Trinajstić information content (AvgIpc) is 3.70. The molecule has 0 spiro atoms. The maximum Gasteiger partial charge on any atom is 0.119 e. The minimum absolute atomic E-state index is 0.553. The van der Waals surface area contributed by atoms with Crippen LogP contribution in [0.15, 0.2) is 218 Å². The van der Waals surface area contributed by atoms with Gasteiger partial charge in [0.1, 0.15) is 5.75 Å². The van der Waals surface area contributed by atoms with Crippen LogP contribution in [0.25, 0.3) is 72.0 Å². The Labute approximate surface area is 390 Å². The summed E-state index contributed by atoms with van der Waals surface area (Å²) in [5.41, 5.74) is 17.8. The molecule has 0 bridgehead atoms. The number of rotatable bonds is 13. The van der Waals surface area contributed by atoms with Gasteiger partial charge >= 0.3 is 0 Å². The van der Waals surface area contributed by atoms with Crippen molar-refractivity contribution in [3.8, 4) is 55.9 Å². The number of hydrogen-bond acceptors (Lipinski definition) is 2. The highest BCUT2D eigenvalue weighted by atomic mass is 16.5. The molecule has 0 fully saturated rings. The van der Waals surface area contributed by atoms with Crippen molar-refractivity contribution < 1.29 is 4.74 Å². The van der Waals surface area contributed by atoms with Gasteiger partial charge in [-0.15, -0.1) is 0 Å². The fourth-order valence-corrected chi connectivity index (χ4v) is 9.73. The highest BCUT2D eigenvalue weighted by Crippen LogP contribution is 2.41. The number of aromatic nitrogens is 1. The minimum Gasteiger partial charge on any atom is -0.497 e. The normalized spacial score (nSPS) is 12.0. The van der Waals surface area contributed by atoms with Crippen LogP contribution in [0, 0.1) is 11.8 Å². The van der Waals surface area contributed by atoms with E-state index in [-0.39, 0.29) is 0 Å². The summed E-state index contributed by atoms with van der Waals surface area (Å²) in [7, 11) is 1.72. The van der Waals surface area contributed by atoms with E-state index in [1.54, 1.807) is 7.11 Å². The lowest BCUT2D eigenvalue weighted by Gasteiger charge is -2.26. The first-order chi connectivity index (χ1) is 32.3. The molecular formula is C63H56N2O. The Morgan fingerprint density at radius 2 is 0.788 bits per heavy atom. The molecule has 10 rings (SSSR count). The lowest BCUT2D eigenvalue weighted by molar-refractivity contribution is 0.408. The van der Waals surface area contributed by atoms with Crippen molar-refractivity contribution in [3.63, 3.8) is 0 Å². The number of benzene rings is 9. The zero-order valence-electron chi connectivity index (χ0n) is 38.5. The van der Waals surface area contributed by atoms with E-state index in [0.29, 0.717) is 17.8 Å². The van der Waals surface area contributed by atoms with E-state index in [9.17, 15) is 0 Å². The fourth-order valence-electron chi connectivity index (χ4n) is 9.73. The Hall–Kier alpha value is -7.62. The molecular weight excluding hydrogens is 801 g/mol. The predicted molar refractivity (Wildman–Crippen MR) is 281 cm³/mol. The van der Waals surface area contributed by atoms with E-state index in [1.165, 1.54) is 72.7 Å². The molecule has 324 valence electrons. The number of anilines is 3. The third-order valence-electron chi connectivity index (χ3n) is 13.2. The second kappa shape index (κ2) is 18.5. The van der Waals surface area contributed by atoms with Gasteiger partial charge in [0.15, 0.2) is 0 Å². The van der Waals surface area contributed by atoms with Crippen LogP contribution in [-0.2, 0) is 0 Å². The molecule has 0 N–H and O–H groups in total. The van der Waals surface area contributed by atoms with E-state index in [2.05, 4.69) is 243 Å². The van der Waals surface area contributed by atoms with Crippen molar-refractivity contribution in [3.05, 3.63) is 224 Å². The van der Waals surface area contributed by atoms with Crippen molar-refractivity contribution in [2.45, 2.75) is 40.0 Å². The van der Waals surface area contributed by atoms with Gasteiger partial charge in [-0.2, -0.15) is 0 Å². The van der Waals surface area contributed by atoms with E-state index in [0.717, 1.165) is 34.1 Å². The van der Waals surface area contributed by atoms with Crippen LogP contribution in [0.2, 0.25) is 0 Å². The quantitative estimate of drug-likeness (QED) is 0.115. The van der Waals surface area contributed by atoms with Crippen molar-refractivity contribution in [2.75, 3.05) is 12.0 Å². The number of ether oxygens (including phenoxy) is 1. The SMILES string of the molecule is COc1ccc(-n2c3ccc(-c4ccc(C(CC(C)C)C(C)C)cc4)cc3c3cc(-c4ccc(N(c5ccc(-c6ccccc6)cc5)c5ccc(-c6ccccc6)cc5)cc4)ccc32)cc1. The second-order valence-corrected chi connectivity index (χ2v) is 18.3. The topological polar surface area (TPSA) is 17.4 Å². The molecule has 66 heavy (non-hydrogen) atoms. The Kier molecular flexibility index (Phi) is 11.8. The smallest absolute Gasteiger partial charge is 0.119 e. The number of nitrogens with zero attached hydrogens (tertiary/aromatic N) is 2. The molecule has 3 heteroatoms. The summed E-state index contributed by atoms with van der Waals surface area (Å²) >= 11 is 0. The Balaban J connectivity index is 1.03. The summed E-state index contributed by atoms with van der Waals surface area (Å²) in [5.74, 6) is 2.65. The lowest BCUT2D eigenvalue weighted by Crippen LogP contribution is -2.09. The molecule has 9 aromatic carbocycles. The molecule has 0 radical (unpaired) electrons. The highest BCUT2D eigenvalue weighted by molar-refractivity contribution is 6.11. The molecule has 1 atom stereocenters. The van der Waals surface area contributed by atoms with Crippen LogP contribution >= 0.6 is 0 Å². The van der Waals surface area contributed by atoms with Gasteiger partial charge in [0.25, 0.3) is 0 Å². The second-order valence-electron chi connectivity index (χ2n) is 18.3. The summed E-state index contributed by atoms with van der Waals surface area (Å²) < 4.78 is 7.93. The maximum atomic E-state index is 5.55. The predicted octanol–water partition coefficient (Wildman–Crippen LogP) is 17.7. The first-order valence-corrected chi connectivity index (χ1v) is 23.4.